The maximum atomic E-state index is 12.5. The Kier molecular flexibility index (Phi) is 5.59. The fourth-order valence-corrected chi connectivity index (χ4v) is 3.03. The van der Waals surface area contributed by atoms with Gasteiger partial charge in [-0.2, -0.15) is 0 Å². The van der Waals surface area contributed by atoms with Gasteiger partial charge in [-0.15, -0.1) is 0 Å². The second-order valence-corrected chi connectivity index (χ2v) is 6.11. The van der Waals surface area contributed by atoms with Crippen molar-refractivity contribution in [2.45, 2.75) is 18.6 Å². The molecular formula is C19H23N3O2. The minimum absolute atomic E-state index is 0.0477. The van der Waals surface area contributed by atoms with E-state index in [1.807, 2.05) is 60.7 Å². The predicted octanol–water partition coefficient (Wildman–Crippen LogP) is 1.17. The maximum Gasteiger partial charge on any atom is 0.226 e. The van der Waals surface area contributed by atoms with Crippen molar-refractivity contribution in [2.75, 3.05) is 13.1 Å². The average Bonchev–Trinajstić information content (AvgIpc) is 3.11. The third-order valence-electron chi connectivity index (χ3n) is 4.30. The van der Waals surface area contributed by atoms with Crippen LogP contribution in [0.3, 0.4) is 0 Å². The molecule has 0 radical (unpaired) electrons. The van der Waals surface area contributed by atoms with Gasteiger partial charge in [0.05, 0.1) is 18.1 Å². The number of carbonyl (C=O) groups is 1. The largest absolute Gasteiger partial charge is 0.391 e. The van der Waals surface area contributed by atoms with Crippen LogP contribution in [-0.4, -0.2) is 30.2 Å². The summed E-state index contributed by atoms with van der Waals surface area (Å²) in [5.74, 6) is -0.246. The van der Waals surface area contributed by atoms with Gasteiger partial charge in [0.1, 0.15) is 0 Å². The summed E-state index contributed by atoms with van der Waals surface area (Å²) >= 11 is 0. The Balaban J connectivity index is 1.53. The number of rotatable bonds is 6. The van der Waals surface area contributed by atoms with Crippen molar-refractivity contribution in [1.29, 1.82) is 0 Å². The molecule has 126 valence electrons. The maximum absolute atomic E-state index is 12.5. The van der Waals surface area contributed by atoms with Crippen LogP contribution in [0, 0.1) is 5.92 Å². The molecule has 0 aromatic heterocycles. The van der Waals surface area contributed by atoms with Crippen molar-refractivity contribution < 1.29 is 9.90 Å². The van der Waals surface area contributed by atoms with Gasteiger partial charge in [0, 0.05) is 19.5 Å². The van der Waals surface area contributed by atoms with Crippen LogP contribution in [0.4, 0.5) is 0 Å². The van der Waals surface area contributed by atoms with Crippen molar-refractivity contribution in [3.05, 3.63) is 71.8 Å². The van der Waals surface area contributed by atoms with Crippen LogP contribution in [-0.2, 0) is 11.2 Å². The van der Waals surface area contributed by atoms with E-state index in [1.165, 1.54) is 0 Å². The highest BCUT2D eigenvalue weighted by atomic mass is 16.3. The molecule has 0 spiro atoms. The van der Waals surface area contributed by atoms with E-state index in [2.05, 4.69) is 16.2 Å². The SMILES string of the molecule is O=C(NCC(O)Cc1ccccc1)C1CNNC1c1ccccc1. The van der Waals surface area contributed by atoms with Crippen LogP contribution < -0.4 is 16.2 Å². The third-order valence-corrected chi connectivity index (χ3v) is 4.30. The smallest absolute Gasteiger partial charge is 0.226 e. The number of benzene rings is 2. The second kappa shape index (κ2) is 8.06. The molecule has 3 atom stereocenters. The lowest BCUT2D eigenvalue weighted by atomic mass is 9.94. The topological polar surface area (TPSA) is 73.4 Å². The van der Waals surface area contributed by atoms with Gasteiger partial charge in [0.15, 0.2) is 0 Å². The summed E-state index contributed by atoms with van der Waals surface area (Å²) < 4.78 is 0. The molecule has 1 heterocycles. The Morgan fingerprint density at radius 3 is 2.50 bits per heavy atom. The molecule has 0 saturated carbocycles. The molecule has 24 heavy (non-hydrogen) atoms. The molecule has 1 aliphatic heterocycles. The van der Waals surface area contributed by atoms with E-state index < -0.39 is 6.10 Å². The Hall–Kier alpha value is -2.21. The van der Waals surface area contributed by atoms with E-state index in [9.17, 15) is 9.90 Å². The molecule has 3 rings (SSSR count). The minimum atomic E-state index is -0.589. The quantitative estimate of drug-likeness (QED) is 0.643. The minimum Gasteiger partial charge on any atom is -0.391 e. The summed E-state index contributed by atoms with van der Waals surface area (Å²) in [5, 5.41) is 13.0. The van der Waals surface area contributed by atoms with Crippen LogP contribution in [0.5, 0.6) is 0 Å². The zero-order valence-electron chi connectivity index (χ0n) is 13.5. The summed E-state index contributed by atoms with van der Waals surface area (Å²) in [6, 6.07) is 19.6. The van der Waals surface area contributed by atoms with Crippen LogP contribution in [0.2, 0.25) is 0 Å². The molecule has 2 aromatic rings. The second-order valence-electron chi connectivity index (χ2n) is 6.11. The lowest BCUT2D eigenvalue weighted by Crippen LogP contribution is -2.39. The molecule has 3 unspecified atom stereocenters. The molecule has 5 nitrogen and oxygen atoms in total. The first kappa shape index (κ1) is 16.6. The fourth-order valence-electron chi connectivity index (χ4n) is 3.03. The van der Waals surface area contributed by atoms with Crippen LogP contribution in [0.1, 0.15) is 17.2 Å². The van der Waals surface area contributed by atoms with E-state index in [0.717, 1.165) is 11.1 Å². The van der Waals surface area contributed by atoms with Gasteiger partial charge in [-0.3, -0.25) is 10.2 Å². The first-order chi connectivity index (χ1) is 11.7. The third kappa shape index (κ3) is 4.20. The number of amides is 1. The Bertz CT molecular complexity index is 648. The summed E-state index contributed by atoms with van der Waals surface area (Å²) in [4.78, 5) is 12.5. The van der Waals surface area contributed by atoms with Gasteiger partial charge in [0.2, 0.25) is 5.91 Å². The van der Waals surface area contributed by atoms with Crippen LogP contribution in [0.25, 0.3) is 0 Å². The Morgan fingerprint density at radius 2 is 1.79 bits per heavy atom. The molecule has 1 fully saturated rings. The number of hydrogen-bond acceptors (Lipinski definition) is 4. The number of carbonyl (C=O) groups excluding carboxylic acids is 1. The number of nitrogens with one attached hydrogen (secondary N) is 3. The number of hydrazine groups is 1. The highest BCUT2D eigenvalue weighted by Crippen LogP contribution is 2.24. The monoisotopic (exact) mass is 325 g/mol. The summed E-state index contributed by atoms with van der Waals surface area (Å²) in [5.41, 5.74) is 8.35. The van der Waals surface area contributed by atoms with Crippen LogP contribution >= 0.6 is 0 Å². The van der Waals surface area contributed by atoms with E-state index in [1.54, 1.807) is 0 Å². The van der Waals surface area contributed by atoms with Crippen LogP contribution in [0.15, 0.2) is 60.7 Å². The van der Waals surface area contributed by atoms with Gasteiger partial charge in [-0.05, 0) is 11.1 Å². The van der Waals surface area contributed by atoms with E-state index in [4.69, 9.17) is 0 Å². The predicted molar refractivity (Wildman–Crippen MR) is 93.0 cm³/mol. The van der Waals surface area contributed by atoms with Crippen molar-refractivity contribution in [2.24, 2.45) is 5.92 Å². The van der Waals surface area contributed by atoms with Crippen molar-refractivity contribution >= 4 is 5.91 Å². The molecule has 5 heteroatoms. The van der Waals surface area contributed by atoms with Crippen molar-refractivity contribution in [1.82, 2.24) is 16.2 Å². The summed E-state index contributed by atoms with van der Waals surface area (Å²) in [6.45, 7) is 0.825. The van der Waals surface area contributed by atoms with E-state index >= 15 is 0 Å². The van der Waals surface area contributed by atoms with Crippen molar-refractivity contribution in [3.63, 3.8) is 0 Å². The highest BCUT2D eigenvalue weighted by Gasteiger charge is 2.33. The number of hydrogen-bond donors (Lipinski definition) is 4. The average molecular weight is 325 g/mol. The number of aliphatic hydroxyl groups is 1. The first-order valence-corrected chi connectivity index (χ1v) is 8.27. The molecule has 0 bridgehead atoms. The molecule has 4 N–H and O–H groups in total. The van der Waals surface area contributed by atoms with Gasteiger partial charge in [0.25, 0.3) is 0 Å². The van der Waals surface area contributed by atoms with Gasteiger partial charge in [-0.1, -0.05) is 60.7 Å². The highest BCUT2D eigenvalue weighted by molar-refractivity contribution is 5.80. The van der Waals surface area contributed by atoms with Gasteiger partial charge >= 0.3 is 0 Å². The first-order valence-electron chi connectivity index (χ1n) is 8.27. The Labute approximate surface area is 142 Å². The van der Waals surface area contributed by atoms with Crippen molar-refractivity contribution in [3.8, 4) is 0 Å². The van der Waals surface area contributed by atoms with Gasteiger partial charge in [-0.25, -0.2) is 5.43 Å². The standard InChI is InChI=1S/C19H23N3O2/c23-16(11-14-7-3-1-4-8-14)12-20-19(24)17-13-21-22-18(17)15-9-5-2-6-10-15/h1-10,16-18,21-23H,11-13H2,(H,20,24). The zero-order valence-corrected chi connectivity index (χ0v) is 13.5. The molecule has 1 amide bonds. The van der Waals surface area contributed by atoms with E-state index in [-0.39, 0.29) is 24.4 Å². The molecule has 2 aromatic carbocycles. The molecule has 0 aliphatic carbocycles. The Morgan fingerprint density at radius 1 is 1.12 bits per heavy atom. The zero-order chi connectivity index (χ0) is 16.8. The van der Waals surface area contributed by atoms with E-state index in [0.29, 0.717) is 13.0 Å². The fraction of sp³-hybridized carbons (Fsp3) is 0.316. The molecular weight excluding hydrogens is 302 g/mol. The lowest BCUT2D eigenvalue weighted by Gasteiger charge is -2.19. The summed E-state index contributed by atoms with van der Waals surface area (Å²) in [6.07, 6.45) is -0.0569. The van der Waals surface area contributed by atoms with Gasteiger partial charge < -0.3 is 10.4 Å². The molecule has 1 aliphatic rings. The summed E-state index contributed by atoms with van der Waals surface area (Å²) in [7, 11) is 0. The normalized spacial score (nSPS) is 21.4. The molecule has 1 saturated heterocycles. The number of aliphatic hydroxyl groups excluding tert-OH is 1. The lowest BCUT2D eigenvalue weighted by molar-refractivity contribution is -0.125.